The second-order valence-electron chi connectivity index (χ2n) is 8.47. The largest absolute Gasteiger partial charge is 0.314 e. The number of hydrogen-bond donors (Lipinski definition) is 0. The Balaban J connectivity index is 1.59. The Morgan fingerprint density at radius 2 is 1.31 bits per heavy atom. The van der Waals surface area contributed by atoms with E-state index in [1.807, 2.05) is 0 Å². The van der Waals surface area contributed by atoms with Crippen molar-refractivity contribution in [3.63, 3.8) is 0 Å². The van der Waals surface area contributed by atoms with Crippen molar-refractivity contribution in [3.05, 3.63) is 113 Å². The third-order valence-corrected chi connectivity index (χ3v) is 6.52. The molecule has 0 bridgehead atoms. The van der Waals surface area contributed by atoms with Crippen LogP contribution in [0.4, 0.5) is 11.4 Å². The Labute approximate surface area is 174 Å². The van der Waals surface area contributed by atoms with Crippen molar-refractivity contribution in [3.8, 4) is 0 Å². The molecular formula is C28H27N. The average molecular weight is 378 g/mol. The quantitative estimate of drug-likeness (QED) is 0.455. The summed E-state index contributed by atoms with van der Waals surface area (Å²) in [5, 5.41) is 0. The standard InChI is InChI=1S/C28H27N/c1-19-8-12-22(13-9-19)29(23-14-10-20(2)11-15-23)24-16-17-27-26-7-5-4-6-25(26)21(3)28(27)18-24/h4-17,21,28H,18H2,1-3H3. The molecular weight excluding hydrogens is 350 g/mol. The molecule has 2 atom stereocenters. The molecule has 3 aromatic rings. The Bertz CT molecular complexity index is 1050. The van der Waals surface area contributed by atoms with Gasteiger partial charge in [-0.1, -0.05) is 72.7 Å². The van der Waals surface area contributed by atoms with Crippen molar-refractivity contribution in [2.75, 3.05) is 4.90 Å². The van der Waals surface area contributed by atoms with Crippen LogP contribution >= 0.6 is 0 Å². The molecule has 144 valence electrons. The summed E-state index contributed by atoms with van der Waals surface area (Å²) in [6.07, 6.45) is 5.75. The molecule has 5 rings (SSSR count). The van der Waals surface area contributed by atoms with Crippen molar-refractivity contribution in [2.24, 2.45) is 5.92 Å². The van der Waals surface area contributed by atoms with Crippen LogP contribution in [0.2, 0.25) is 0 Å². The Kier molecular flexibility index (Phi) is 4.39. The van der Waals surface area contributed by atoms with Gasteiger partial charge in [0, 0.05) is 17.1 Å². The first-order chi connectivity index (χ1) is 14.1. The summed E-state index contributed by atoms with van der Waals surface area (Å²) in [6, 6.07) is 26.7. The fraction of sp³-hybridized carbons (Fsp3) is 0.214. The van der Waals surface area contributed by atoms with Crippen molar-refractivity contribution in [2.45, 2.75) is 33.1 Å². The van der Waals surface area contributed by atoms with E-state index in [1.165, 1.54) is 44.9 Å². The number of aryl methyl sites for hydroxylation is 2. The van der Waals surface area contributed by atoms with Crippen LogP contribution in [0, 0.1) is 19.8 Å². The molecule has 0 fully saturated rings. The maximum Gasteiger partial charge on any atom is 0.0458 e. The van der Waals surface area contributed by atoms with Gasteiger partial charge in [0.1, 0.15) is 0 Å². The van der Waals surface area contributed by atoms with Gasteiger partial charge in [0.2, 0.25) is 0 Å². The van der Waals surface area contributed by atoms with E-state index in [9.17, 15) is 0 Å². The van der Waals surface area contributed by atoms with Crippen LogP contribution in [0.25, 0.3) is 5.57 Å². The zero-order valence-corrected chi connectivity index (χ0v) is 17.4. The van der Waals surface area contributed by atoms with Gasteiger partial charge in [0.15, 0.2) is 0 Å². The van der Waals surface area contributed by atoms with E-state index >= 15 is 0 Å². The Morgan fingerprint density at radius 1 is 0.724 bits per heavy atom. The lowest BCUT2D eigenvalue weighted by molar-refractivity contribution is 0.568. The predicted molar refractivity (Wildman–Crippen MR) is 124 cm³/mol. The molecule has 0 aromatic heterocycles. The smallest absolute Gasteiger partial charge is 0.0458 e. The van der Waals surface area contributed by atoms with E-state index in [2.05, 4.69) is 111 Å². The van der Waals surface area contributed by atoms with Gasteiger partial charge in [-0.25, -0.2) is 0 Å². The maximum atomic E-state index is 2.43. The molecule has 0 heterocycles. The van der Waals surface area contributed by atoms with Gasteiger partial charge in [-0.3, -0.25) is 0 Å². The van der Waals surface area contributed by atoms with Crippen LogP contribution in [0.3, 0.4) is 0 Å². The zero-order chi connectivity index (χ0) is 20.0. The van der Waals surface area contributed by atoms with E-state index in [0.717, 1.165) is 6.42 Å². The van der Waals surface area contributed by atoms with Crippen molar-refractivity contribution < 1.29 is 0 Å². The first-order valence-corrected chi connectivity index (χ1v) is 10.6. The lowest BCUT2D eigenvalue weighted by Crippen LogP contribution is -2.21. The van der Waals surface area contributed by atoms with E-state index in [-0.39, 0.29) is 0 Å². The Hall–Kier alpha value is -3.06. The van der Waals surface area contributed by atoms with E-state index < -0.39 is 0 Å². The number of hydrogen-bond acceptors (Lipinski definition) is 1. The third-order valence-electron chi connectivity index (χ3n) is 6.52. The lowest BCUT2D eigenvalue weighted by Gasteiger charge is -2.33. The van der Waals surface area contributed by atoms with E-state index in [1.54, 1.807) is 0 Å². The topological polar surface area (TPSA) is 3.24 Å². The molecule has 3 aromatic carbocycles. The highest BCUT2D eigenvalue weighted by Gasteiger charge is 2.36. The van der Waals surface area contributed by atoms with Gasteiger partial charge in [-0.05, 0) is 79.1 Å². The fourth-order valence-electron chi connectivity index (χ4n) is 4.86. The SMILES string of the molecule is Cc1ccc(N(C2=CC=C3c4ccccc4C(C)C3C2)c2ccc(C)cc2)cc1. The second kappa shape index (κ2) is 7.08. The number of fused-ring (bicyclic) bond motifs is 3. The molecule has 1 nitrogen and oxygen atoms in total. The number of benzene rings is 3. The number of nitrogens with zero attached hydrogens (tertiary/aromatic N) is 1. The summed E-state index contributed by atoms with van der Waals surface area (Å²) in [6.45, 7) is 6.67. The van der Waals surface area contributed by atoms with Crippen LogP contribution in [0.15, 0.2) is 90.6 Å². The van der Waals surface area contributed by atoms with Gasteiger partial charge in [0.05, 0.1) is 0 Å². The molecule has 0 saturated carbocycles. The van der Waals surface area contributed by atoms with Gasteiger partial charge in [-0.15, -0.1) is 0 Å². The summed E-state index contributed by atoms with van der Waals surface area (Å²) >= 11 is 0. The summed E-state index contributed by atoms with van der Waals surface area (Å²) in [4.78, 5) is 2.43. The van der Waals surface area contributed by atoms with Crippen LogP contribution in [0.1, 0.15) is 41.5 Å². The molecule has 29 heavy (non-hydrogen) atoms. The molecule has 0 saturated heterocycles. The number of anilines is 2. The number of rotatable bonds is 3. The van der Waals surface area contributed by atoms with Crippen molar-refractivity contribution >= 4 is 16.9 Å². The van der Waals surface area contributed by atoms with E-state index in [4.69, 9.17) is 0 Å². The highest BCUT2D eigenvalue weighted by atomic mass is 15.1. The number of allylic oxidation sites excluding steroid dienone is 4. The van der Waals surface area contributed by atoms with Gasteiger partial charge >= 0.3 is 0 Å². The molecule has 0 amide bonds. The van der Waals surface area contributed by atoms with Crippen LogP contribution < -0.4 is 4.90 Å². The molecule has 2 unspecified atom stereocenters. The minimum Gasteiger partial charge on any atom is -0.314 e. The lowest BCUT2D eigenvalue weighted by atomic mass is 9.84. The Morgan fingerprint density at radius 3 is 1.93 bits per heavy atom. The van der Waals surface area contributed by atoms with Gasteiger partial charge in [0.25, 0.3) is 0 Å². The maximum absolute atomic E-state index is 2.43. The molecule has 0 spiro atoms. The normalized spacial score (nSPS) is 19.8. The van der Waals surface area contributed by atoms with Crippen LogP contribution in [0.5, 0.6) is 0 Å². The zero-order valence-electron chi connectivity index (χ0n) is 17.4. The average Bonchev–Trinajstić information content (AvgIpc) is 3.03. The molecule has 2 aliphatic carbocycles. The van der Waals surface area contributed by atoms with Crippen LogP contribution in [-0.2, 0) is 0 Å². The third kappa shape index (κ3) is 3.11. The first-order valence-electron chi connectivity index (χ1n) is 10.6. The molecule has 2 aliphatic rings. The predicted octanol–water partition coefficient (Wildman–Crippen LogP) is 7.55. The van der Waals surface area contributed by atoms with Crippen LogP contribution in [-0.4, -0.2) is 0 Å². The van der Waals surface area contributed by atoms with Gasteiger partial charge < -0.3 is 4.90 Å². The molecule has 0 aliphatic heterocycles. The summed E-state index contributed by atoms with van der Waals surface area (Å²) < 4.78 is 0. The van der Waals surface area contributed by atoms with Gasteiger partial charge in [-0.2, -0.15) is 0 Å². The summed E-state index contributed by atoms with van der Waals surface area (Å²) in [5.74, 6) is 1.10. The van der Waals surface area contributed by atoms with Crippen molar-refractivity contribution in [1.29, 1.82) is 0 Å². The summed E-state index contributed by atoms with van der Waals surface area (Å²) in [5.41, 5.74) is 10.8. The highest BCUT2D eigenvalue weighted by Crippen LogP contribution is 2.51. The second-order valence-corrected chi connectivity index (χ2v) is 8.47. The van der Waals surface area contributed by atoms with Crippen molar-refractivity contribution in [1.82, 2.24) is 0 Å². The fourth-order valence-corrected chi connectivity index (χ4v) is 4.86. The van der Waals surface area contributed by atoms with E-state index in [0.29, 0.717) is 11.8 Å². The molecule has 0 radical (unpaired) electrons. The molecule has 0 N–H and O–H groups in total. The minimum absolute atomic E-state index is 0.547. The molecule has 1 heteroatoms. The monoisotopic (exact) mass is 377 g/mol. The highest BCUT2D eigenvalue weighted by molar-refractivity contribution is 5.80. The first kappa shape index (κ1) is 18.0. The minimum atomic E-state index is 0.547. The summed E-state index contributed by atoms with van der Waals surface area (Å²) in [7, 11) is 0.